The monoisotopic (exact) mass is 413 g/mol. The van der Waals surface area contributed by atoms with E-state index in [9.17, 15) is 9.59 Å². The number of hydrogen-bond donors (Lipinski definition) is 2. The highest BCUT2D eigenvalue weighted by Crippen LogP contribution is 2.29. The molecular weight excluding hydrogens is 385 g/mol. The number of halogens is 2. The van der Waals surface area contributed by atoms with Crippen molar-refractivity contribution in [3.63, 3.8) is 0 Å². The molecule has 2 saturated heterocycles. The molecule has 0 aliphatic carbocycles. The number of benzene rings is 1. The SMILES string of the molecule is Cl.Cl.O=C1CC[C@H](c2ccc3c(c2)CN(CC2CCNCC2)CC3)C(=O)N1. The number of nitrogens with one attached hydrogen (secondary N) is 2. The van der Waals surface area contributed by atoms with Crippen LogP contribution in [0.1, 0.15) is 48.3 Å². The average Bonchev–Trinajstić information content (AvgIpc) is 2.62. The van der Waals surface area contributed by atoms with E-state index in [4.69, 9.17) is 0 Å². The van der Waals surface area contributed by atoms with E-state index in [1.165, 1.54) is 30.5 Å². The van der Waals surface area contributed by atoms with E-state index >= 15 is 0 Å². The van der Waals surface area contributed by atoms with Crippen LogP contribution in [0.3, 0.4) is 0 Å². The first kappa shape index (κ1) is 22.2. The van der Waals surface area contributed by atoms with Crippen LogP contribution in [0.15, 0.2) is 18.2 Å². The van der Waals surface area contributed by atoms with E-state index in [1.807, 2.05) is 0 Å². The van der Waals surface area contributed by atoms with Gasteiger partial charge in [0, 0.05) is 26.1 Å². The molecule has 3 heterocycles. The lowest BCUT2D eigenvalue weighted by atomic mass is 9.87. The predicted molar refractivity (Wildman–Crippen MR) is 111 cm³/mol. The molecule has 0 saturated carbocycles. The van der Waals surface area contributed by atoms with Crippen LogP contribution in [0.25, 0.3) is 0 Å². The van der Waals surface area contributed by atoms with Crippen LogP contribution in [0, 0.1) is 5.92 Å². The van der Waals surface area contributed by atoms with Crippen molar-refractivity contribution >= 4 is 36.6 Å². The lowest BCUT2D eigenvalue weighted by Gasteiger charge is -2.34. The summed E-state index contributed by atoms with van der Waals surface area (Å²) in [5.41, 5.74) is 3.84. The maximum Gasteiger partial charge on any atom is 0.234 e. The van der Waals surface area contributed by atoms with E-state index in [-0.39, 0.29) is 42.5 Å². The second-order valence-electron chi connectivity index (χ2n) is 7.71. The molecule has 3 aliphatic rings. The highest BCUT2D eigenvalue weighted by Gasteiger charge is 2.29. The van der Waals surface area contributed by atoms with E-state index in [0.29, 0.717) is 12.8 Å². The standard InChI is InChI=1S/C20H27N3O2.2ClH/c24-19-4-3-18(20(25)22-19)16-2-1-15-7-10-23(13-17(15)11-16)12-14-5-8-21-9-6-14;;/h1-2,11,14,18,21H,3-10,12-13H2,(H,22,24,25);2*1H/t18-;;/m1../s1. The number of carbonyl (C=O) groups is 2. The van der Waals surface area contributed by atoms with Crippen LogP contribution in [0.4, 0.5) is 0 Å². The number of rotatable bonds is 3. The second-order valence-corrected chi connectivity index (χ2v) is 7.71. The molecule has 7 heteroatoms. The minimum Gasteiger partial charge on any atom is -0.317 e. The lowest BCUT2D eigenvalue weighted by Crippen LogP contribution is -2.40. The number of carbonyl (C=O) groups excluding carboxylic acids is 2. The highest BCUT2D eigenvalue weighted by atomic mass is 35.5. The quantitative estimate of drug-likeness (QED) is 0.746. The molecule has 1 aromatic carbocycles. The van der Waals surface area contributed by atoms with Gasteiger partial charge in [-0.25, -0.2) is 0 Å². The molecule has 0 radical (unpaired) electrons. The summed E-state index contributed by atoms with van der Waals surface area (Å²) in [7, 11) is 0. The Hall–Kier alpha value is -1.14. The van der Waals surface area contributed by atoms with Gasteiger partial charge >= 0.3 is 0 Å². The Balaban J connectivity index is 0.00000131. The fourth-order valence-corrected chi connectivity index (χ4v) is 4.45. The molecule has 2 fully saturated rings. The number of piperidine rings is 2. The number of amides is 2. The Kier molecular flexibility index (Phi) is 8.10. The van der Waals surface area contributed by atoms with Crippen molar-refractivity contribution in [3.8, 4) is 0 Å². The van der Waals surface area contributed by atoms with E-state index in [1.54, 1.807) is 0 Å². The molecule has 0 bridgehead atoms. The molecule has 1 atom stereocenters. The summed E-state index contributed by atoms with van der Waals surface area (Å²) in [4.78, 5) is 26.1. The molecular formula is C20H29Cl2N3O2. The highest BCUT2D eigenvalue weighted by molar-refractivity contribution is 6.00. The topological polar surface area (TPSA) is 61.4 Å². The zero-order valence-electron chi connectivity index (χ0n) is 15.5. The molecule has 2 amide bonds. The Labute approximate surface area is 173 Å². The molecule has 4 rings (SSSR count). The van der Waals surface area contributed by atoms with Crippen LogP contribution < -0.4 is 10.6 Å². The van der Waals surface area contributed by atoms with Crippen molar-refractivity contribution in [1.82, 2.24) is 15.5 Å². The van der Waals surface area contributed by atoms with Gasteiger partial charge in [-0.2, -0.15) is 0 Å². The Morgan fingerprint density at radius 2 is 1.78 bits per heavy atom. The molecule has 0 aromatic heterocycles. The first-order chi connectivity index (χ1) is 12.2. The molecule has 5 nitrogen and oxygen atoms in total. The zero-order chi connectivity index (χ0) is 17.2. The number of hydrogen-bond acceptors (Lipinski definition) is 4. The van der Waals surface area contributed by atoms with Crippen LogP contribution >= 0.6 is 24.8 Å². The molecule has 0 spiro atoms. The third-order valence-corrected chi connectivity index (χ3v) is 5.94. The maximum atomic E-state index is 12.2. The minimum atomic E-state index is -0.178. The summed E-state index contributed by atoms with van der Waals surface area (Å²) in [5, 5.41) is 5.91. The summed E-state index contributed by atoms with van der Waals surface area (Å²) < 4.78 is 0. The fraction of sp³-hybridized carbons (Fsp3) is 0.600. The van der Waals surface area contributed by atoms with E-state index in [2.05, 4.69) is 33.7 Å². The summed E-state index contributed by atoms with van der Waals surface area (Å²) >= 11 is 0. The van der Waals surface area contributed by atoms with Crippen molar-refractivity contribution in [2.75, 3.05) is 26.2 Å². The van der Waals surface area contributed by atoms with Gasteiger partial charge in [-0.15, -0.1) is 24.8 Å². The van der Waals surface area contributed by atoms with E-state index in [0.717, 1.165) is 44.1 Å². The Morgan fingerprint density at radius 1 is 1.00 bits per heavy atom. The Bertz CT molecular complexity index is 677. The smallest absolute Gasteiger partial charge is 0.234 e. The number of imide groups is 1. The first-order valence-corrected chi connectivity index (χ1v) is 9.57. The minimum absolute atomic E-state index is 0. The van der Waals surface area contributed by atoms with Gasteiger partial charge in [0.1, 0.15) is 0 Å². The first-order valence-electron chi connectivity index (χ1n) is 9.57. The van der Waals surface area contributed by atoms with Gasteiger partial charge in [0.05, 0.1) is 5.92 Å². The Morgan fingerprint density at radius 3 is 2.52 bits per heavy atom. The summed E-state index contributed by atoms with van der Waals surface area (Å²) in [5.74, 6) is 0.342. The third-order valence-electron chi connectivity index (χ3n) is 5.94. The van der Waals surface area contributed by atoms with Crippen LogP contribution in [-0.4, -0.2) is 42.9 Å². The third kappa shape index (κ3) is 5.23. The van der Waals surface area contributed by atoms with E-state index < -0.39 is 0 Å². The molecule has 150 valence electrons. The van der Waals surface area contributed by atoms with Crippen molar-refractivity contribution in [3.05, 3.63) is 34.9 Å². The molecule has 0 unspecified atom stereocenters. The number of nitrogens with zero attached hydrogens (tertiary/aromatic N) is 1. The van der Waals surface area contributed by atoms with Crippen molar-refractivity contribution in [2.45, 2.75) is 44.6 Å². The van der Waals surface area contributed by atoms with Gasteiger partial charge in [0.15, 0.2) is 0 Å². The summed E-state index contributed by atoms with van der Waals surface area (Å²) in [6.45, 7) is 5.60. The van der Waals surface area contributed by atoms with Crippen LogP contribution in [0.5, 0.6) is 0 Å². The average molecular weight is 414 g/mol. The van der Waals surface area contributed by atoms with Gasteiger partial charge in [-0.3, -0.25) is 19.8 Å². The predicted octanol–water partition coefficient (Wildman–Crippen LogP) is 2.41. The second kappa shape index (κ2) is 9.87. The maximum absolute atomic E-state index is 12.2. The number of fused-ring (bicyclic) bond motifs is 1. The zero-order valence-corrected chi connectivity index (χ0v) is 17.2. The molecule has 2 N–H and O–H groups in total. The van der Waals surface area contributed by atoms with Gasteiger partial charge in [-0.1, -0.05) is 18.2 Å². The van der Waals surface area contributed by atoms with Crippen molar-refractivity contribution < 1.29 is 9.59 Å². The van der Waals surface area contributed by atoms with Crippen molar-refractivity contribution in [1.29, 1.82) is 0 Å². The van der Waals surface area contributed by atoms with Crippen LogP contribution in [-0.2, 0) is 22.6 Å². The fourth-order valence-electron chi connectivity index (χ4n) is 4.45. The van der Waals surface area contributed by atoms with Gasteiger partial charge in [-0.05, 0) is 61.4 Å². The van der Waals surface area contributed by atoms with Gasteiger partial charge < -0.3 is 5.32 Å². The molecule has 3 aliphatic heterocycles. The largest absolute Gasteiger partial charge is 0.317 e. The van der Waals surface area contributed by atoms with Crippen molar-refractivity contribution in [2.24, 2.45) is 5.92 Å². The van der Waals surface area contributed by atoms with Gasteiger partial charge in [0.25, 0.3) is 0 Å². The van der Waals surface area contributed by atoms with Crippen LogP contribution in [0.2, 0.25) is 0 Å². The lowest BCUT2D eigenvalue weighted by molar-refractivity contribution is -0.134. The van der Waals surface area contributed by atoms with Gasteiger partial charge in [0.2, 0.25) is 11.8 Å². The summed E-state index contributed by atoms with van der Waals surface area (Å²) in [6.07, 6.45) is 4.72. The molecule has 1 aromatic rings. The summed E-state index contributed by atoms with van der Waals surface area (Å²) in [6, 6.07) is 6.49. The normalized spacial score (nSPS) is 23.6. The molecule has 27 heavy (non-hydrogen) atoms.